The summed E-state index contributed by atoms with van der Waals surface area (Å²) in [6.45, 7) is 8.35. The number of rotatable bonds is 19. The summed E-state index contributed by atoms with van der Waals surface area (Å²) in [6, 6.07) is 7.18. The normalized spacial score (nSPS) is 14.2. The van der Waals surface area contributed by atoms with Crippen molar-refractivity contribution in [2.75, 3.05) is 13.2 Å². The molecule has 0 saturated heterocycles. The SMILES string of the molecule is CCC[C@@H](/C=C/[C@@H](CC(C)C)C(N)=O)NC(=O)[C@H](CCCCN)NC(=O)[C@H](Cc1ccccc1)NC(=O)OCC. The third-order valence-electron chi connectivity index (χ3n) is 6.34. The topological polar surface area (TPSA) is 166 Å². The quantitative estimate of drug-likeness (QED) is 0.129. The molecule has 1 aromatic carbocycles. The fourth-order valence-corrected chi connectivity index (χ4v) is 4.28. The van der Waals surface area contributed by atoms with Crippen molar-refractivity contribution in [3.8, 4) is 0 Å². The largest absolute Gasteiger partial charge is 0.450 e. The van der Waals surface area contributed by atoms with Crippen LogP contribution in [0.25, 0.3) is 0 Å². The summed E-state index contributed by atoms with van der Waals surface area (Å²) >= 11 is 0. The van der Waals surface area contributed by atoms with Gasteiger partial charge in [-0.3, -0.25) is 14.4 Å². The lowest BCUT2D eigenvalue weighted by Gasteiger charge is -2.25. The van der Waals surface area contributed by atoms with Crippen LogP contribution in [0.1, 0.15) is 71.8 Å². The number of carbonyl (C=O) groups excluding carboxylic acids is 4. The number of nitrogens with two attached hydrogens (primary N) is 2. The Hall–Kier alpha value is -3.40. The number of benzene rings is 1. The molecule has 0 bridgehead atoms. The Morgan fingerprint density at radius 3 is 2.15 bits per heavy atom. The van der Waals surface area contributed by atoms with Crippen LogP contribution in [0.5, 0.6) is 0 Å². The van der Waals surface area contributed by atoms with E-state index in [-0.39, 0.29) is 30.9 Å². The van der Waals surface area contributed by atoms with Crippen LogP contribution in [0.4, 0.5) is 4.79 Å². The summed E-state index contributed by atoms with van der Waals surface area (Å²) in [5.74, 6) is -1.38. The van der Waals surface area contributed by atoms with E-state index in [0.717, 1.165) is 12.0 Å². The summed E-state index contributed by atoms with van der Waals surface area (Å²) < 4.78 is 4.99. The first kappa shape index (κ1) is 34.6. The molecule has 4 amide bonds. The van der Waals surface area contributed by atoms with Gasteiger partial charge in [-0.25, -0.2) is 4.79 Å². The minimum atomic E-state index is -0.940. The van der Waals surface area contributed by atoms with E-state index >= 15 is 0 Å². The zero-order chi connectivity index (χ0) is 29.9. The van der Waals surface area contributed by atoms with Gasteiger partial charge in [-0.1, -0.05) is 69.7 Å². The van der Waals surface area contributed by atoms with E-state index in [9.17, 15) is 19.2 Å². The van der Waals surface area contributed by atoms with Gasteiger partial charge in [-0.15, -0.1) is 0 Å². The second kappa shape index (κ2) is 19.6. The van der Waals surface area contributed by atoms with E-state index in [1.165, 1.54) is 0 Å². The van der Waals surface area contributed by atoms with Gasteiger partial charge in [0, 0.05) is 12.5 Å². The first-order valence-corrected chi connectivity index (χ1v) is 14.4. The van der Waals surface area contributed by atoms with Gasteiger partial charge in [0.25, 0.3) is 0 Å². The molecule has 40 heavy (non-hydrogen) atoms. The van der Waals surface area contributed by atoms with E-state index in [2.05, 4.69) is 16.0 Å². The first-order valence-electron chi connectivity index (χ1n) is 14.4. The zero-order valence-electron chi connectivity index (χ0n) is 24.5. The fraction of sp³-hybridized carbons (Fsp3) is 0.600. The molecule has 1 rings (SSSR count). The van der Waals surface area contributed by atoms with Gasteiger partial charge in [-0.2, -0.15) is 0 Å². The summed E-state index contributed by atoms with van der Waals surface area (Å²) in [7, 11) is 0. The molecule has 0 fully saturated rings. The maximum absolute atomic E-state index is 13.4. The van der Waals surface area contributed by atoms with Crippen LogP contribution in [0, 0.1) is 11.8 Å². The van der Waals surface area contributed by atoms with E-state index in [0.29, 0.717) is 38.6 Å². The van der Waals surface area contributed by atoms with Crippen molar-refractivity contribution in [3.63, 3.8) is 0 Å². The third-order valence-corrected chi connectivity index (χ3v) is 6.34. The molecule has 0 aromatic heterocycles. The zero-order valence-corrected chi connectivity index (χ0v) is 24.5. The van der Waals surface area contributed by atoms with Gasteiger partial charge < -0.3 is 32.2 Å². The minimum absolute atomic E-state index is 0.162. The van der Waals surface area contributed by atoms with Crippen molar-refractivity contribution in [3.05, 3.63) is 48.0 Å². The summed E-state index contributed by atoms with van der Waals surface area (Å²) in [5.41, 5.74) is 12.1. The number of ether oxygens (including phenoxy) is 1. The summed E-state index contributed by atoms with van der Waals surface area (Å²) in [6.07, 6.45) is 6.89. The highest BCUT2D eigenvalue weighted by Crippen LogP contribution is 2.14. The lowest BCUT2D eigenvalue weighted by atomic mass is 9.95. The van der Waals surface area contributed by atoms with Crippen LogP contribution in [0.3, 0.4) is 0 Å². The molecular formula is C30H49N5O5. The van der Waals surface area contributed by atoms with Crippen LogP contribution in [0.2, 0.25) is 0 Å². The van der Waals surface area contributed by atoms with Crippen molar-refractivity contribution in [2.45, 2.75) is 90.8 Å². The van der Waals surface area contributed by atoms with Gasteiger partial charge in [0.05, 0.1) is 12.5 Å². The molecule has 4 atom stereocenters. The van der Waals surface area contributed by atoms with E-state index < -0.39 is 35.9 Å². The molecule has 0 unspecified atom stereocenters. The predicted molar refractivity (Wildman–Crippen MR) is 157 cm³/mol. The number of unbranched alkanes of at least 4 members (excludes halogenated alkanes) is 1. The highest BCUT2D eigenvalue weighted by atomic mass is 16.5. The van der Waals surface area contributed by atoms with Crippen molar-refractivity contribution in [1.82, 2.24) is 16.0 Å². The monoisotopic (exact) mass is 559 g/mol. The number of carbonyl (C=O) groups is 4. The van der Waals surface area contributed by atoms with Gasteiger partial charge in [0.2, 0.25) is 17.7 Å². The average molecular weight is 560 g/mol. The molecule has 0 aliphatic rings. The highest BCUT2D eigenvalue weighted by Gasteiger charge is 2.28. The van der Waals surface area contributed by atoms with Crippen LogP contribution in [0.15, 0.2) is 42.5 Å². The van der Waals surface area contributed by atoms with Crippen LogP contribution in [-0.4, -0.2) is 55.1 Å². The second-order valence-corrected chi connectivity index (χ2v) is 10.4. The number of alkyl carbamates (subject to hydrolysis) is 1. The van der Waals surface area contributed by atoms with Crippen LogP contribution in [-0.2, 0) is 25.5 Å². The Kier molecular flexibility index (Phi) is 17.0. The lowest BCUT2D eigenvalue weighted by molar-refractivity contribution is -0.130. The molecule has 7 N–H and O–H groups in total. The molecule has 10 heteroatoms. The molecular weight excluding hydrogens is 510 g/mol. The molecule has 1 aromatic rings. The Balaban J connectivity index is 3.09. The van der Waals surface area contributed by atoms with Gasteiger partial charge >= 0.3 is 6.09 Å². The molecule has 224 valence electrons. The smallest absolute Gasteiger partial charge is 0.407 e. The summed E-state index contributed by atoms with van der Waals surface area (Å²) in [4.78, 5) is 50.9. The first-order chi connectivity index (χ1) is 19.1. The van der Waals surface area contributed by atoms with E-state index in [4.69, 9.17) is 16.2 Å². The number of hydrogen-bond donors (Lipinski definition) is 5. The molecule has 0 aliphatic carbocycles. The standard InChI is InChI=1S/C30H49N5O5/c1-5-12-24(17-16-23(27(32)36)19-21(3)4)33-28(37)25(15-10-11-18-31)34-29(38)26(35-30(39)40-6-2)20-22-13-8-7-9-14-22/h7-9,13-14,16-17,21,23-26H,5-6,10-12,15,18-20,31H2,1-4H3,(H2,32,36)(H,33,37)(H,34,38)(H,35,39)/b17-16+/t23-,24-,25-,26-/m0/s1. The number of hydrogen-bond acceptors (Lipinski definition) is 6. The van der Waals surface area contributed by atoms with Crippen LogP contribution < -0.4 is 27.4 Å². The maximum atomic E-state index is 13.4. The van der Waals surface area contributed by atoms with Crippen molar-refractivity contribution >= 4 is 23.8 Å². The maximum Gasteiger partial charge on any atom is 0.407 e. The Morgan fingerprint density at radius 1 is 0.900 bits per heavy atom. The van der Waals surface area contributed by atoms with Crippen LogP contribution >= 0.6 is 0 Å². The Bertz CT molecular complexity index is 938. The van der Waals surface area contributed by atoms with Crippen molar-refractivity contribution in [2.24, 2.45) is 23.3 Å². The van der Waals surface area contributed by atoms with Gasteiger partial charge in [0.1, 0.15) is 12.1 Å². The van der Waals surface area contributed by atoms with Gasteiger partial charge in [0.15, 0.2) is 0 Å². The molecule has 10 nitrogen and oxygen atoms in total. The van der Waals surface area contributed by atoms with Crippen molar-refractivity contribution < 1.29 is 23.9 Å². The second-order valence-electron chi connectivity index (χ2n) is 10.4. The molecule has 0 radical (unpaired) electrons. The summed E-state index contributed by atoms with van der Waals surface area (Å²) in [5, 5.41) is 8.47. The molecule has 0 aliphatic heterocycles. The molecule has 0 spiro atoms. The third kappa shape index (κ3) is 14.1. The van der Waals surface area contributed by atoms with Gasteiger partial charge in [-0.05, 0) is 57.1 Å². The molecule has 0 saturated carbocycles. The number of nitrogens with one attached hydrogen (secondary N) is 3. The predicted octanol–water partition coefficient (Wildman–Crippen LogP) is 2.95. The lowest BCUT2D eigenvalue weighted by Crippen LogP contribution is -2.55. The number of primary amides is 1. The Morgan fingerprint density at radius 2 is 1.57 bits per heavy atom. The van der Waals surface area contributed by atoms with Crippen molar-refractivity contribution in [1.29, 1.82) is 0 Å². The van der Waals surface area contributed by atoms with E-state index in [1.807, 2.05) is 57.2 Å². The highest BCUT2D eigenvalue weighted by molar-refractivity contribution is 5.91. The average Bonchev–Trinajstić information content (AvgIpc) is 2.90. The fourth-order valence-electron chi connectivity index (χ4n) is 4.28. The molecule has 0 heterocycles. The number of amides is 4. The van der Waals surface area contributed by atoms with E-state index in [1.54, 1.807) is 13.0 Å². The Labute approximate surface area is 239 Å². The minimum Gasteiger partial charge on any atom is -0.450 e.